The number of hydrogen-bond acceptors (Lipinski definition) is 4. The molecule has 0 aliphatic rings. The molecule has 5 heteroatoms. The molecule has 5 heterocycles. The summed E-state index contributed by atoms with van der Waals surface area (Å²) in [4.78, 5) is 14.6. The van der Waals surface area contributed by atoms with Crippen LogP contribution in [0.4, 0.5) is 0 Å². The van der Waals surface area contributed by atoms with Gasteiger partial charge in [-0.05, 0) is 82.9 Å². The van der Waals surface area contributed by atoms with E-state index in [-0.39, 0.29) is 0 Å². The Morgan fingerprint density at radius 2 is 0.981 bits per heavy atom. The third-order valence-electron chi connectivity index (χ3n) is 10.5. The Kier molecular flexibility index (Phi) is 7.00. The topological polar surface area (TPSA) is 43.6 Å². The van der Waals surface area contributed by atoms with Gasteiger partial charge < -0.3 is 4.57 Å². The number of benzene rings is 6. The normalized spacial score (nSPS) is 11.7. The summed E-state index contributed by atoms with van der Waals surface area (Å²) in [6.07, 6.45) is 3.65. The Bertz CT molecular complexity index is 3130. The monoisotopic (exact) mass is 706 g/mol. The van der Waals surface area contributed by atoms with Gasteiger partial charge in [0.25, 0.3) is 0 Å². The summed E-state index contributed by atoms with van der Waals surface area (Å²) in [6, 6.07) is 60.5. The number of fused-ring (bicyclic) bond motifs is 10. The van der Waals surface area contributed by atoms with E-state index in [4.69, 9.17) is 15.0 Å². The standard InChI is InChI=1S/C49H30N4S/c1-3-13-31(14-4-1)33-21-23-44-38(27-33)46-47-39-28-34(32-15-5-2-6-16-32)22-24-45(39)54-49(47)37-18-8-7-17-36(37)48(46)53(44)35-29-42(40-19-9-11-25-50-40)52-43(30-35)41-20-10-12-26-51-41/h1-30H. The number of aromatic nitrogens is 4. The molecule has 252 valence electrons. The van der Waals surface area contributed by atoms with Crippen LogP contribution in [0.1, 0.15) is 0 Å². The fourth-order valence-corrected chi connectivity index (χ4v) is 9.28. The van der Waals surface area contributed by atoms with E-state index in [0.29, 0.717) is 0 Å². The highest BCUT2D eigenvalue weighted by atomic mass is 32.1. The van der Waals surface area contributed by atoms with Gasteiger partial charge in [0.2, 0.25) is 0 Å². The fraction of sp³-hybridized carbons (Fsp3) is 0. The zero-order valence-corrected chi connectivity index (χ0v) is 29.8. The maximum Gasteiger partial charge on any atom is 0.0915 e. The van der Waals surface area contributed by atoms with Crippen molar-refractivity contribution in [3.05, 3.63) is 182 Å². The van der Waals surface area contributed by atoms with E-state index in [1.165, 1.54) is 69.5 Å². The molecule has 0 N–H and O–H groups in total. The molecule has 0 amide bonds. The minimum Gasteiger partial charge on any atom is -0.308 e. The van der Waals surface area contributed by atoms with Crippen LogP contribution >= 0.6 is 11.3 Å². The highest BCUT2D eigenvalue weighted by Crippen LogP contribution is 2.49. The van der Waals surface area contributed by atoms with Crippen molar-refractivity contribution in [3.63, 3.8) is 0 Å². The lowest BCUT2D eigenvalue weighted by Crippen LogP contribution is -2.00. The van der Waals surface area contributed by atoms with E-state index in [1.807, 2.05) is 60.1 Å². The van der Waals surface area contributed by atoms with Crippen molar-refractivity contribution in [2.45, 2.75) is 0 Å². The summed E-state index contributed by atoms with van der Waals surface area (Å²) in [5, 5.41) is 7.49. The molecule has 0 saturated heterocycles. The minimum absolute atomic E-state index is 0.795. The van der Waals surface area contributed by atoms with Crippen molar-refractivity contribution in [2.75, 3.05) is 0 Å². The quantitative estimate of drug-likeness (QED) is 0.179. The molecule has 0 saturated carbocycles. The molecule has 0 aliphatic heterocycles. The lowest BCUT2D eigenvalue weighted by molar-refractivity contribution is 1.15. The number of hydrogen-bond donors (Lipinski definition) is 0. The van der Waals surface area contributed by atoms with Crippen molar-refractivity contribution in [2.24, 2.45) is 0 Å². The lowest BCUT2D eigenvalue weighted by Gasteiger charge is -2.14. The summed E-state index contributed by atoms with van der Waals surface area (Å²) >= 11 is 1.89. The summed E-state index contributed by atoms with van der Waals surface area (Å²) < 4.78 is 5.04. The maximum atomic E-state index is 5.14. The van der Waals surface area contributed by atoms with Crippen molar-refractivity contribution < 1.29 is 0 Å². The van der Waals surface area contributed by atoms with E-state index in [0.717, 1.165) is 34.0 Å². The first-order chi connectivity index (χ1) is 26.8. The van der Waals surface area contributed by atoms with Crippen LogP contribution in [0.3, 0.4) is 0 Å². The van der Waals surface area contributed by atoms with Crippen LogP contribution < -0.4 is 0 Å². The summed E-state index contributed by atoms with van der Waals surface area (Å²) in [7, 11) is 0. The van der Waals surface area contributed by atoms with Crippen LogP contribution in [0.25, 0.3) is 103 Å². The summed E-state index contributed by atoms with van der Waals surface area (Å²) in [5.74, 6) is 0. The van der Waals surface area contributed by atoms with E-state index in [1.54, 1.807) is 0 Å². The second-order valence-corrected chi connectivity index (χ2v) is 14.7. The predicted octanol–water partition coefficient (Wildman–Crippen LogP) is 13.2. The first-order valence-corrected chi connectivity index (χ1v) is 18.9. The van der Waals surface area contributed by atoms with Gasteiger partial charge in [-0.1, -0.05) is 109 Å². The zero-order valence-electron chi connectivity index (χ0n) is 29.0. The number of thiophene rings is 1. The van der Waals surface area contributed by atoms with Crippen LogP contribution in [0.2, 0.25) is 0 Å². The summed E-state index contributed by atoms with van der Waals surface area (Å²) in [6.45, 7) is 0. The zero-order chi connectivity index (χ0) is 35.6. The molecule has 4 nitrogen and oxygen atoms in total. The van der Waals surface area contributed by atoms with Gasteiger partial charge in [-0.3, -0.25) is 9.97 Å². The van der Waals surface area contributed by atoms with Gasteiger partial charge in [0.15, 0.2) is 0 Å². The Balaban J connectivity index is 1.33. The van der Waals surface area contributed by atoms with E-state index in [2.05, 4.69) is 138 Å². The van der Waals surface area contributed by atoms with E-state index < -0.39 is 0 Å². The third-order valence-corrected chi connectivity index (χ3v) is 11.7. The predicted molar refractivity (Wildman–Crippen MR) is 226 cm³/mol. The smallest absolute Gasteiger partial charge is 0.0915 e. The first-order valence-electron chi connectivity index (χ1n) is 18.1. The molecule has 0 spiro atoms. The average molecular weight is 707 g/mol. The Labute approximate surface area is 315 Å². The van der Waals surface area contributed by atoms with Crippen LogP contribution in [0.15, 0.2) is 182 Å². The van der Waals surface area contributed by atoms with Gasteiger partial charge >= 0.3 is 0 Å². The Morgan fingerprint density at radius 3 is 1.61 bits per heavy atom. The van der Waals surface area contributed by atoms with Gasteiger partial charge in [0.1, 0.15) is 0 Å². The van der Waals surface area contributed by atoms with Crippen molar-refractivity contribution in [3.8, 4) is 50.7 Å². The molecular formula is C49H30N4S. The average Bonchev–Trinajstić information content (AvgIpc) is 3.81. The van der Waals surface area contributed by atoms with Crippen molar-refractivity contribution in [1.82, 2.24) is 19.5 Å². The minimum atomic E-state index is 0.795. The van der Waals surface area contributed by atoms with Crippen LogP contribution in [-0.4, -0.2) is 19.5 Å². The molecular weight excluding hydrogens is 677 g/mol. The van der Waals surface area contributed by atoms with E-state index in [9.17, 15) is 0 Å². The lowest BCUT2D eigenvalue weighted by atomic mass is 9.96. The molecule has 0 fully saturated rings. The Morgan fingerprint density at radius 1 is 0.407 bits per heavy atom. The van der Waals surface area contributed by atoms with Gasteiger partial charge in [-0.25, -0.2) is 4.98 Å². The Hall–Kier alpha value is -6.95. The molecule has 6 aromatic carbocycles. The third kappa shape index (κ3) is 4.86. The molecule has 0 unspecified atom stereocenters. The molecule has 0 atom stereocenters. The molecule has 11 rings (SSSR count). The van der Waals surface area contributed by atoms with Crippen molar-refractivity contribution in [1.29, 1.82) is 0 Å². The summed E-state index contributed by atoms with van der Waals surface area (Å²) in [5.41, 5.74) is 11.3. The first kappa shape index (κ1) is 30.7. The second kappa shape index (κ2) is 12.3. The van der Waals surface area contributed by atoms with Gasteiger partial charge in [-0.2, -0.15) is 0 Å². The molecule has 11 aromatic rings. The molecule has 0 radical (unpaired) electrons. The van der Waals surface area contributed by atoms with Crippen LogP contribution in [0.5, 0.6) is 0 Å². The number of pyridine rings is 3. The highest BCUT2D eigenvalue weighted by Gasteiger charge is 2.23. The van der Waals surface area contributed by atoms with Gasteiger partial charge in [0, 0.05) is 54.1 Å². The second-order valence-electron chi connectivity index (χ2n) is 13.6. The molecule has 54 heavy (non-hydrogen) atoms. The van der Waals surface area contributed by atoms with Gasteiger partial charge in [-0.15, -0.1) is 11.3 Å². The van der Waals surface area contributed by atoms with E-state index >= 15 is 0 Å². The number of nitrogens with zero attached hydrogens (tertiary/aromatic N) is 4. The van der Waals surface area contributed by atoms with Crippen LogP contribution in [-0.2, 0) is 0 Å². The maximum absolute atomic E-state index is 5.14. The molecule has 0 aliphatic carbocycles. The number of rotatable bonds is 5. The van der Waals surface area contributed by atoms with Crippen LogP contribution in [0, 0.1) is 0 Å². The largest absolute Gasteiger partial charge is 0.308 e. The molecule has 5 aromatic heterocycles. The SMILES string of the molecule is c1ccc(-c2ccc3sc4c5ccccc5c5c(c6cc(-c7ccccc7)ccc6n5-c5cc(-c6ccccn6)nc(-c6ccccn6)c5)c4c3c2)cc1. The van der Waals surface area contributed by atoms with Gasteiger partial charge in [0.05, 0.1) is 39.5 Å². The molecule has 0 bridgehead atoms. The van der Waals surface area contributed by atoms with Crippen molar-refractivity contribution >= 4 is 64.1 Å². The highest BCUT2D eigenvalue weighted by molar-refractivity contribution is 7.27. The fourth-order valence-electron chi connectivity index (χ4n) is 8.05.